The number of aliphatic hydroxyl groups is 2. The molecule has 0 fully saturated rings. The fourth-order valence-electron chi connectivity index (χ4n) is 1.22. The van der Waals surface area contributed by atoms with Crippen LogP contribution in [0, 0.1) is 6.92 Å². The molecule has 0 saturated heterocycles. The van der Waals surface area contributed by atoms with Gasteiger partial charge in [-0.3, -0.25) is 0 Å². The van der Waals surface area contributed by atoms with Crippen LogP contribution >= 0.6 is 31.9 Å². The van der Waals surface area contributed by atoms with Gasteiger partial charge in [0.1, 0.15) is 6.10 Å². The second-order valence-electron chi connectivity index (χ2n) is 3.17. The highest BCUT2D eigenvalue weighted by molar-refractivity contribution is 9.10. The van der Waals surface area contributed by atoms with E-state index in [4.69, 9.17) is 0 Å². The van der Waals surface area contributed by atoms with Crippen LogP contribution in [0.5, 0.6) is 0 Å². The molecule has 0 amide bonds. The zero-order valence-electron chi connectivity index (χ0n) is 7.74. The van der Waals surface area contributed by atoms with E-state index in [1.165, 1.54) is 0 Å². The zero-order chi connectivity index (χ0) is 10.7. The predicted molar refractivity (Wildman–Crippen MR) is 63.6 cm³/mol. The van der Waals surface area contributed by atoms with Gasteiger partial charge < -0.3 is 10.2 Å². The van der Waals surface area contributed by atoms with Gasteiger partial charge in [-0.2, -0.15) is 0 Å². The van der Waals surface area contributed by atoms with Gasteiger partial charge in [-0.25, -0.2) is 0 Å². The molecule has 2 unspecified atom stereocenters. The largest absolute Gasteiger partial charge is 0.389 e. The average molecular weight is 324 g/mol. The van der Waals surface area contributed by atoms with Crippen molar-refractivity contribution in [3.8, 4) is 0 Å². The number of hydrogen-bond acceptors (Lipinski definition) is 2. The molecule has 0 heterocycles. The highest BCUT2D eigenvalue weighted by atomic mass is 79.9. The van der Waals surface area contributed by atoms with Crippen molar-refractivity contribution in [1.82, 2.24) is 0 Å². The highest BCUT2D eigenvalue weighted by Gasteiger charge is 2.18. The highest BCUT2D eigenvalue weighted by Crippen LogP contribution is 2.25. The first-order valence-electron chi connectivity index (χ1n) is 4.24. The van der Waals surface area contributed by atoms with Crippen LogP contribution in [0.25, 0.3) is 0 Å². The maximum Gasteiger partial charge on any atom is 0.106 e. The molecule has 0 aliphatic heterocycles. The zero-order valence-corrected chi connectivity index (χ0v) is 10.9. The summed E-state index contributed by atoms with van der Waals surface area (Å²) in [5.74, 6) is 0. The van der Waals surface area contributed by atoms with E-state index in [0.717, 1.165) is 15.6 Å². The molecule has 2 nitrogen and oxygen atoms in total. The third-order valence-corrected chi connectivity index (χ3v) is 3.24. The summed E-state index contributed by atoms with van der Waals surface area (Å²) in [5, 5.41) is 19.6. The van der Waals surface area contributed by atoms with Crippen LogP contribution in [0.3, 0.4) is 0 Å². The van der Waals surface area contributed by atoms with Crippen molar-refractivity contribution in [3.05, 3.63) is 33.8 Å². The van der Waals surface area contributed by atoms with E-state index in [9.17, 15) is 10.2 Å². The summed E-state index contributed by atoms with van der Waals surface area (Å²) in [6, 6.07) is 5.64. The minimum Gasteiger partial charge on any atom is -0.389 e. The number of aryl methyl sites for hydroxylation is 1. The van der Waals surface area contributed by atoms with E-state index >= 15 is 0 Å². The fraction of sp³-hybridized carbons (Fsp3) is 0.400. The summed E-state index contributed by atoms with van der Waals surface area (Å²) in [6.07, 6.45) is -1.62. The number of aliphatic hydroxyl groups excluding tert-OH is 2. The van der Waals surface area contributed by atoms with Crippen LogP contribution in [-0.2, 0) is 0 Å². The van der Waals surface area contributed by atoms with Crippen LogP contribution in [-0.4, -0.2) is 21.6 Å². The summed E-state index contributed by atoms with van der Waals surface area (Å²) in [4.78, 5) is 0. The van der Waals surface area contributed by atoms with E-state index < -0.39 is 12.2 Å². The first-order chi connectivity index (χ1) is 6.56. The van der Waals surface area contributed by atoms with E-state index in [2.05, 4.69) is 31.9 Å². The fourth-order valence-corrected chi connectivity index (χ4v) is 1.95. The Hall–Kier alpha value is 0.100. The molecule has 0 bridgehead atoms. The SMILES string of the molecule is Cc1ccc(Br)cc1C(O)C(O)CBr. The summed E-state index contributed by atoms with van der Waals surface area (Å²) in [6.45, 7) is 1.91. The molecule has 0 radical (unpaired) electrons. The summed E-state index contributed by atoms with van der Waals surface area (Å²) in [5.41, 5.74) is 1.73. The molecule has 0 spiro atoms. The number of benzene rings is 1. The van der Waals surface area contributed by atoms with Gasteiger partial charge in [0.05, 0.1) is 6.10 Å². The second-order valence-corrected chi connectivity index (χ2v) is 4.73. The number of hydrogen-bond donors (Lipinski definition) is 2. The molecule has 0 saturated carbocycles. The standard InChI is InChI=1S/C10H12Br2O2/c1-6-2-3-7(12)4-8(6)10(14)9(13)5-11/h2-4,9-10,13-14H,5H2,1H3. The molecule has 1 rings (SSSR count). The quantitative estimate of drug-likeness (QED) is 0.839. The van der Waals surface area contributed by atoms with Crippen molar-refractivity contribution in [2.45, 2.75) is 19.1 Å². The molecule has 0 aromatic heterocycles. The van der Waals surface area contributed by atoms with Crippen LogP contribution < -0.4 is 0 Å². The molecule has 1 aromatic rings. The Kier molecular flexibility index (Phi) is 4.57. The summed E-state index contributed by atoms with van der Waals surface area (Å²) in [7, 11) is 0. The third-order valence-electron chi connectivity index (χ3n) is 2.08. The molecule has 0 aliphatic carbocycles. The molecule has 4 heteroatoms. The maximum atomic E-state index is 9.79. The van der Waals surface area contributed by atoms with Crippen LogP contribution in [0.4, 0.5) is 0 Å². The smallest absolute Gasteiger partial charge is 0.106 e. The molecule has 2 N–H and O–H groups in total. The van der Waals surface area contributed by atoms with Crippen molar-refractivity contribution < 1.29 is 10.2 Å². The van der Waals surface area contributed by atoms with Gasteiger partial charge in [-0.15, -0.1) is 0 Å². The first kappa shape index (κ1) is 12.2. The van der Waals surface area contributed by atoms with Gasteiger partial charge in [-0.05, 0) is 30.2 Å². The van der Waals surface area contributed by atoms with Gasteiger partial charge >= 0.3 is 0 Å². The normalized spacial score (nSPS) is 15.2. The van der Waals surface area contributed by atoms with Crippen LogP contribution in [0.15, 0.2) is 22.7 Å². The Morgan fingerprint density at radius 1 is 1.36 bits per heavy atom. The van der Waals surface area contributed by atoms with Crippen molar-refractivity contribution >= 4 is 31.9 Å². The molecule has 78 valence electrons. The van der Waals surface area contributed by atoms with Crippen molar-refractivity contribution in [3.63, 3.8) is 0 Å². The Morgan fingerprint density at radius 2 is 2.00 bits per heavy atom. The molecule has 1 aromatic carbocycles. The Balaban J connectivity index is 2.99. The van der Waals surface area contributed by atoms with Crippen molar-refractivity contribution in [1.29, 1.82) is 0 Å². The minimum absolute atomic E-state index is 0.361. The Labute approximate surface area is 100 Å². The number of alkyl halides is 1. The Bertz CT molecular complexity index is 315. The number of rotatable bonds is 3. The molecule has 0 aliphatic rings. The topological polar surface area (TPSA) is 40.5 Å². The van der Waals surface area contributed by atoms with Gasteiger partial charge in [0.25, 0.3) is 0 Å². The summed E-state index contributed by atoms with van der Waals surface area (Å²) >= 11 is 6.47. The van der Waals surface area contributed by atoms with E-state index in [-0.39, 0.29) is 0 Å². The van der Waals surface area contributed by atoms with Crippen LogP contribution in [0.1, 0.15) is 17.2 Å². The van der Waals surface area contributed by atoms with E-state index in [0.29, 0.717) is 5.33 Å². The van der Waals surface area contributed by atoms with Gasteiger partial charge in [0.2, 0.25) is 0 Å². The lowest BCUT2D eigenvalue weighted by Gasteiger charge is -2.18. The minimum atomic E-state index is -0.841. The summed E-state index contributed by atoms with van der Waals surface area (Å²) < 4.78 is 0.902. The van der Waals surface area contributed by atoms with E-state index in [1.54, 1.807) is 0 Å². The lowest BCUT2D eigenvalue weighted by molar-refractivity contribution is 0.0338. The molecule has 14 heavy (non-hydrogen) atoms. The first-order valence-corrected chi connectivity index (χ1v) is 6.16. The lowest BCUT2D eigenvalue weighted by atomic mass is 10.0. The monoisotopic (exact) mass is 322 g/mol. The molecular formula is C10H12Br2O2. The number of halogens is 2. The van der Waals surface area contributed by atoms with Crippen LogP contribution in [0.2, 0.25) is 0 Å². The molecular weight excluding hydrogens is 312 g/mol. The van der Waals surface area contributed by atoms with Gasteiger partial charge in [0.15, 0.2) is 0 Å². The van der Waals surface area contributed by atoms with Crippen molar-refractivity contribution in [2.75, 3.05) is 5.33 Å². The maximum absolute atomic E-state index is 9.79. The Morgan fingerprint density at radius 3 is 2.57 bits per heavy atom. The van der Waals surface area contributed by atoms with Gasteiger partial charge in [-0.1, -0.05) is 37.9 Å². The van der Waals surface area contributed by atoms with E-state index in [1.807, 2.05) is 25.1 Å². The second kappa shape index (κ2) is 5.26. The third kappa shape index (κ3) is 2.79. The predicted octanol–water partition coefficient (Wildman–Crippen LogP) is 2.55. The van der Waals surface area contributed by atoms with Gasteiger partial charge in [0, 0.05) is 9.80 Å². The lowest BCUT2D eigenvalue weighted by Crippen LogP contribution is -2.20. The van der Waals surface area contributed by atoms with Crippen molar-refractivity contribution in [2.24, 2.45) is 0 Å². The average Bonchev–Trinajstić information content (AvgIpc) is 2.19. The molecule has 2 atom stereocenters.